The molecule has 1 saturated carbocycles. The molecule has 1 rings (SSSR count). The van der Waals surface area contributed by atoms with E-state index < -0.39 is 0 Å². The summed E-state index contributed by atoms with van der Waals surface area (Å²) in [5, 5.41) is 6.23. The van der Waals surface area contributed by atoms with Gasteiger partial charge in [-0.05, 0) is 32.7 Å². The van der Waals surface area contributed by atoms with Gasteiger partial charge in [-0.3, -0.25) is 4.79 Å². The number of ether oxygens (including phenoxy) is 1. The van der Waals surface area contributed by atoms with Crippen molar-refractivity contribution in [3.05, 3.63) is 0 Å². The van der Waals surface area contributed by atoms with Gasteiger partial charge in [0, 0.05) is 19.3 Å². The van der Waals surface area contributed by atoms with Gasteiger partial charge in [0.25, 0.3) is 0 Å². The fourth-order valence-electron chi connectivity index (χ4n) is 2.17. The second kappa shape index (κ2) is 9.42. The van der Waals surface area contributed by atoms with Gasteiger partial charge in [0.05, 0.1) is 6.54 Å². The van der Waals surface area contributed by atoms with Gasteiger partial charge in [0.1, 0.15) is 0 Å². The number of carbonyl (C=O) groups excluding carboxylic acids is 1. The summed E-state index contributed by atoms with van der Waals surface area (Å²) in [5.74, 6) is 0.133. The highest BCUT2D eigenvalue weighted by Gasteiger charge is 2.14. The number of carbonyl (C=O) groups is 1. The van der Waals surface area contributed by atoms with Crippen molar-refractivity contribution in [1.29, 1.82) is 0 Å². The first-order valence-electron chi connectivity index (χ1n) is 6.90. The van der Waals surface area contributed by atoms with Crippen LogP contribution in [0, 0.1) is 0 Å². The quantitative estimate of drug-likeness (QED) is 0.633. The molecule has 0 radical (unpaired) electrons. The highest BCUT2D eigenvalue weighted by Crippen LogP contribution is 2.16. The Balaban J connectivity index is 1.93. The van der Waals surface area contributed by atoms with Gasteiger partial charge in [-0.2, -0.15) is 0 Å². The molecule has 0 spiro atoms. The van der Waals surface area contributed by atoms with Crippen molar-refractivity contribution in [3.8, 4) is 0 Å². The third kappa shape index (κ3) is 7.34. The van der Waals surface area contributed by atoms with Crippen molar-refractivity contribution >= 4 is 5.91 Å². The SMILES string of the molecule is CCOCCCNCC(=O)NC1CCCCC1. The molecule has 0 aromatic heterocycles. The molecule has 0 heterocycles. The molecule has 0 bridgehead atoms. The lowest BCUT2D eigenvalue weighted by Gasteiger charge is -2.22. The molecule has 0 unspecified atom stereocenters. The Hall–Kier alpha value is -0.610. The maximum absolute atomic E-state index is 11.6. The highest BCUT2D eigenvalue weighted by molar-refractivity contribution is 5.78. The normalized spacial score (nSPS) is 17.0. The van der Waals surface area contributed by atoms with Crippen molar-refractivity contribution in [3.63, 3.8) is 0 Å². The van der Waals surface area contributed by atoms with Crippen LogP contribution >= 0.6 is 0 Å². The minimum Gasteiger partial charge on any atom is -0.382 e. The summed E-state index contributed by atoms with van der Waals surface area (Å²) in [6, 6.07) is 0.418. The molecule has 0 aromatic carbocycles. The molecule has 0 atom stereocenters. The third-order valence-corrected chi connectivity index (χ3v) is 3.10. The summed E-state index contributed by atoms with van der Waals surface area (Å²) in [4.78, 5) is 11.6. The molecule has 4 heteroatoms. The van der Waals surface area contributed by atoms with E-state index in [1.807, 2.05) is 6.92 Å². The molecular formula is C13H26N2O2. The molecular weight excluding hydrogens is 216 g/mol. The van der Waals surface area contributed by atoms with Crippen LogP contribution in [0.2, 0.25) is 0 Å². The average Bonchev–Trinajstić information content (AvgIpc) is 2.35. The van der Waals surface area contributed by atoms with Crippen LogP contribution in [0.25, 0.3) is 0 Å². The molecule has 1 aliphatic carbocycles. The molecule has 0 aliphatic heterocycles. The Labute approximate surface area is 104 Å². The predicted molar refractivity (Wildman–Crippen MR) is 69.0 cm³/mol. The molecule has 2 N–H and O–H groups in total. The lowest BCUT2D eigenvalue weighted by Crippen LogP contribution is -2.41. The van der Waals surface area contributed by atoms with Crippen LogP contribution in [0.5, 0.6) is 0 Å². The zero-order chi connectivity index (χ0) is 12.3. The average molecular weight is 242 g/mol. The largest absolute Gasteiger partial charge is 0.382 e. The van der Waals surface area contributed by atoms with Crippen LogP contribution < -0.4 is 10.6 Å². The second-order valence-electron chi connectivity index (χ2n) is 4.63. The number of hydrogen-bond acceptors (Lipinski definition) is 3. The molecule has 1 amide bonds. The first-order valence-corrected chi connectivity index (χ1v) is 6.90. The van der Waals surface area contributed by atoms with Gasteiger partial charge in [-0.25, -0.2) is 0 Å². The monoisotopic (exact) mass is 242 g/mol. The van der Waals surface area contributed by atoms with Crippen molar-refractivity contribution < 1.29 is 9.53 Å². The van der Waals surface area contributed by atoms with E-state index in [0.29, 0.717) is 12.6 Å². The van der Waals surface area contributed by atoms with Gasteiger partial charge < -0.3 is 15.4 Å². The van der Waals surface area contributed by atoms with E-state index >= 15 is 0 Å². The first-order chi connectivity index (χ1) is 8.33. The van der Waals surface area contributed by atoms with Crippen LogP contribution in [-0.4, -0.2) is 38.3 Å². The molecule has 0 saturated heterocycles. The smallest absolute Gasteiger partial charge is 0.234 e. The van der Waals surface area contributed by atoms with E-state index in [2.05, 4.69) is 10.6 Å². The summed E-state index contributed by atoms with van der Waals surface area (Å²) >= 11 is 0. The van der Waals surface area contributed by atoms with Crippen LogP contribution in [0.3, 0.4) is 0 Å². The molecule has 4 nitrogen and oxygen atoms in total. The molecule has 0 aromatic rings. The van der Waals surface area contributed by atoms with Crippen LogP contribution in [0.15, 0.2) is 0 Å². The molecule has 1 fully saturated rings. The number of nitrogens with one attached hydrogen (secondary N) is 2. The van der Waals surface area contributed by atoms with E-state index in [1.54, 1.807) is 0 Å². The van der Waals surface area contributed by atoms with Gasteiger partial charge in [-0.15, -0.1) is 0 Å². The first kappa shape index (κ1) is 14.5. The van der Waals surface area contributed by atoms with Gasteiger partial charge in [0.2, 0.25) is 5.91 Å². The number of amides is 1. The summed E-state index contributed by atoms with van der Waals surface area (Å²) in [5.41, 5.74) is 0. The van der Waals surface area contributed by atoms with E-state index in [4.69, 9.17) is 4.74 Å². The van der Waals surface area contributed by atoms with Crippen LogP contribution in [0.4, 0.5) is 0 Å². The van der Waals surface area contributed by atoms with Gasteiger partial charge >= 0.3 is 0 Å². The maximum Gasteiger partial charge on any atom is 0.234 e. The maximum atomic E-state index is 11.6. The van der Waals surface area contributed by atoms with Crippen molar-refractivity contribution in [2.45, 2.75) is 51.5 Å². The third-order valence-electron chi connectivity index (χ3n) is 3.10. The zero-order valence-electron chi connectivity index (χ0n) is 11.0. The second-order valence-corrected chi connectivity index (χ2v) is 4.63. The van der Waals surface area contributed by atoms with Crippen LogP contribution in [0.1, 0.15) is 45.4 Å². The van der Waals surface area contributed by atoms with E-state index in [0.717, 1.165) is 39.0 Å². The topological polar surface area (TPSA) is 50.4 Å². The van der Waals surface area contributed by atoms with E-state index in [9.17, 15) is 4.79 Å². The number of rotatable bonds is 8. The van der Waals surface area contributed by atoms with E-state index in [1.165, 1.54) is 19.3 Å². The van der Waals surface area contributed by atoms with Crippen LogP contribution in [-0.2, 0) is 9.53 Å². The summed E-state index contributed by atoms with van der Waals surface area (Å²) in [6.45, 7) is 4.81. The zero-order valence-corrected chi connectivity index (χ0v) is 11.0. The molecule has 100 valence electrons. The predicted octanol–water partition coefficient (Wildman–Crippen LogP) is 1.45. The van der Waals surface area contributed by atoms with Crippen molar-refractivity contribution in [1.82, 2.24) is 10.6 Å². The lowest BCUT2D eigenvalue weighted by atomic mass is 9.95. The van der Waals surface area contributed by atoms with Crippen molar-refractivity contribution in [2.75, 3.05) is 26.3 Å². The standard InChI is InChI=1S/C13H26N2O2/c1-2-17-10-6-9-14-11-13(16)15-12-7-4-3-5-8-12/h12,14H,2-11H2,1H3,(H,15,16). The number of hydrogen-bond donors (Lipinski definition) is 2. The summed E-state index contributed by atoms with van der Waals surface area (Å²) in [6.07, 6.45) is 7.10. The Kier molecular flexibility index (Phi) is 8.01. The Morgan fingerprint density at radius 2 is 2.06 bits per heavy atom. The molecule has 1 aliphatic rings. The molecule has 17 heavy (non-hydrogen) atoms. The minimum atomic E-state index is 0.133. The Morgan fingerprint density at radius 3 is 2.76 bits per heavy atom. The summed E-state index contributed by atoms with van der Waals surface area (Å²) < 4.78 is 5.22. The summed E-state index contributed by atoms with van der Waals surface area (Å²) in [7, 11) is 0. The fourth-order valence-corrected chi connectivity index (χ4v) is 2.17. The lowest BCUT2D eigenvalue weighted by molar-refractivity contribution is -0.121. The van der Waals surface area contributed by atoms with E-state index in [-0.39, 0.29) is 5.91 Å². The van der Waals surface area contributed by atoms with Gasteiger partial charge in [0.15, 0.2) is 0 Å². The highest BCUT2D eigenvalue weighted by atomic mass is 16.5. The fraction of sp³-hybridized carbons (Fsp3) is 0.923. The Bertz CT molecular complexity index is 204. The van der Waals surface area contributed by atoms with Gasteiger partial charge in [-0.1, -0.05) is 19.3 Å². The van der Waals surface area contributed by atoms with Crippen molar-refractivity contribution in [2.24, 2.45) is 0 Å². The Morgan fingerprint density at radius 1 is 1.29 bits per heavy atom. The minimum absolute atomic E-state index is 0.133.